The average Bonchev–Trinajstić information content (AvgIpc) is 3.34. The Balaban J connectivity index is 1.57. The second-order valence-corrected chi connectivity index (χ2v) is 15.4. The Morgan fingerprint density at radius 2 is 1.55 bits per heavy atom. The van der Waals surface area contributed by atoms with E-state index < -0.39 is 53.2 Å². The highest BCUT2D eigenvalue weighted by Crippen LogP contribution is 2.50. The molecular weight excluding hydrogens is 562 g/mol. The average molecular weight is 616 g/mol. The molecule has 3 aliphatic carbocycles. The number of hydrogen-bond donors (Lipinski definition) is 4. The van der Waals surface area contributed by atoms with E-state index in [0.717, 1.165) is 44.9 Å². The van der Waals surface area contributed by atoms with Gasteiger partial charge in [-0.2, -0.15) is 0 Å². The molecule has 1 heterocycles. The monoisotopic (exact) mass is 615 g/mol. The minimum atomic E-state index is -1.09. The molecule has 0 radical (unpaired) electrons. The van der Waals surface area contributed by atoms with Gasteiger partial charge in [0.1, 0.15) is 12.1 Å². The van der Waals surface area contributed by atoms with Crippen LogP contribution in [0.3, 0.4) is 0 Å². The summed E-state index contributed by atoms with van der Waals surface area (Å²) in [5.74, 6) is -2.03. The minimum Gasteiger partial charge on any atom is -0.363 e. The van der Waals surface area contributed by atoms with Crippen LogP contribution in [0.1, 0.15) is 112 Å². The highest BCUT2D eigenvalue weighted by molar-refractivity contribution is 6.37. The number of urea groups is 1. The van der Waals surface area contributed by atoms with Gasteiger partial charge in [0.15, 0.2) is 5.78 Å². The third kappa shape index (κ3) is 7.62. The van der Waals surface area contributed by atoms with Crippen LogP contribution in [0.25, 0.3) is 0 Å². The van der Waals surface area contributed by atoms with E-state index in [1.807, 2.05) is 20.8 Å². The number of carbonyl (C=O) groups is 6. The molecule has 4 fully saturated rings. The van der Waals surface area contributed by atoms with Gasteiger partial charge in [-0.1, -0.05) is 66.7 Å². The number of Topliss-reactive ketones (excluding diaryl/α,β-unsaturated/α-hetero) is 2. The fourth-order valence-corrected chi connectivity index (χ4v) is 7.37. The van der Waals surface area contributed by atoms with Gasteiger partial charge in [0.05, 0.1) is 12.1 Å². The summed E-state index contributed by atoms with van der Waals surface area (Å²) in [6, 6.07) is -4.03. The van der Waals surface area contributed by atoms with Gasteiger partial charge < -0.3 is 26.6 Å². The zero-order valence-corrected chi connectivity index (χ0v) is 27.2. The molecular formula is C33H53N5O6. The van der Waals surface area contributed by atoms with Crippen LogP contribution >= 0.6 is 0 Å². The highest BCUT2D eigenvalue weighted by atomic mass is 16.2. The topological polar surface area (TPSA) is 168 Å². The summed E-state index contributed by atoms with van der Waals surface area (Å²) < 4.78 is 0. The molecule has 5 amide bonds. The number of hydrogen-bond acceptors (Lipinski definition) is 6. The van der Waals surface area contributed by atoms with Crippen molar-refractivity contribution in [3.8, 4) is 0 Å². The molecule has 0 aromatic rings. The molecule has 4 aliphatic rings. The summed E-state index contributed by atoms with van der Waals surface area (Å²) in [6.07, 6.45) is 9.70. The molecule has 246 valence electrons. The number of likely N-dealkylation sites (tertiary alicyclic amines) is 1. The van der Waals surface area contributed by atoms with Gasteiger partial charge in [0.2, 0.25) is 17.6 Å². The van der Waals surface area contributed by atoms with Gasteiger partial charge in [-0.15, -0.1) is 0 Å². The number of nitrogens with two attached hydrogens (primary N) is 1. The van der Waals surface area contributed by atoms with Crippen LogP contribution in [0.2, 0.25) is 0 Å². The molecule has 5 N–H and O–H groups in total. The first-order chi connectivity index (χ1) is 20.6. The molecule has 1 saturated heterocycles. The summed E-state index contributed by atoms with van der Waals surface area (Å²) in [5, 5.41) is 8.41. The molecule has 5 atom stereocenters. The molecule has 0 spiro atoms. The molecule has 1 aliphatic heterocycles. The van der Waals surface area contributed by atoms with Crippen molar-refractivity contribution in [2.75, 3.05) is 6.54 Å². The third-order valence-electron chi connectivity index (χ3n) is 11.0. The molecule has 11 nitrogen and oxygen atoms in total. The summed E-state index contributed by atoms with van der Waals surface area (Å²) >= 11 is 0. The number of ketones is 2. The highest BCUT2D eigenvalue weighted by Gasteiger charge is 2.51. The van der Waals surface area contributed by atoms with Crippen molar-refractivity contribution in [1.29, 1.82) is 0 Å². The largest absolute Gasteiger partial charge is 0.363 e. The lowest BCUT2D eigenvalue weighted by molar-refractivity contribution is -0.143. The molecule has 11 heteroatoms. The zero-order chi connectivity index (χ0) is 32.4. The third-order valence-corrected chi connectivity index (χ3v) is 11.0. The molecule has 0 aromatic carbocycles. The molecule has 0 aromatic heterocycles. The molecule has 3 unspecified atom stereocenters. The first kappa shape index (κ1) is 33.9. The lowest BCUT2D eigenvalue weighted by Gasteiger charge is -2.44. The molecule has 44 heavy (non-hydrogen) atoms. The minimum absolute atomic E-state index is 0.00987. The van der Waals surface area contributed by atoms with Crippen molar-refractivity contribution in [2.45, 2.75) is 136 Å². The Kier molecular flexibility index (Phi) is 10.5. The van der Waals surface area contributed by atoms with Gasteiger partial charge >= 0.3 is 6.03 Å². The van der Waals surface area contributed by atoms with Crippen molar-refractivity contribution in [1.82, 2.24) is 20.9 Å². The summed E-state index contributed by atoms with van der Waals surface area (Å²) in [6.45, 7) is 10.3. The van der Waals surface area contributed by atoms with Crippen LogP contribution in [0.15, 0.2) is 0 Å². The molecule has 4 rings (SSSR count). The smallest absolute Gasteiger partial charge is 0.316 e. The van der Waals surface area contributed by atoms with E-state index in [2.05, 4.69) is 29.8 Å². The quantitative estimate of drug-likeness (QED) is 0.261. The maximum atomic E-state index is 14.4. The van der Waals surface area contributed by atoms with E-state index >= 15 is 0 Å². The first-order valence-electron chi connectivity index (χ1n) is 16.6. The number of carbonyl (C=O) groups excluding carboxylic acids is 6. The van der Waals surface area contributed by atoms with Crippen molar-refractivity contribution < 1.29 is 28.8 Å². The first-order valence-corrected chi connectivity index (χ1v) is 16.6. The van der Waals surface area contributed by atoms with Crippen molar-refractivity contribution in [2.24, 2.45) is 34.3 Å². The van der Waals surface area contributed by atoms with Crippen molar-refractivity contribution in [3.63, 3.8) is 0 Å². The van der Waals surface area contributed by atoms with E-state index in [-0.39, 0.29) is 28.9 Å². The van der Waals surface area contributed by atoms with Gasteiger partial charge in [-0.3, -0.25) is 24.0 Å². The number of nitrogens with zero attached hydrogens (tertiary/aromatic N) is 1. The normalized spacial score (nSPS) is 26.2. The van der Waals surface area contributed by atoms with Crippen molar-refractivity contribution in [3.05, 3.63) is 0 Å². The van der Waals surface area contributed by atoms with Crippen LogP contribution in [-0.2, 0) is 24.0 Å². The summed E-state index contributed by atoms with van der Waals surface area (Å²) in [7, 11) is 0. The number of rotatable bonds is 11. The van der Waals surface area contributed by atoms with Crippen LogP contribution in [0.4, 0.5) is 4.79 Å². The number of amides is 5. The standard InChI is InChI=1S/C33H53N5O6/c1-32(2,3)27(37-31(44)36-22-14-6-7-15-25(22)39)30(43)38-18-21(33(4,5)20-12-9-13-20)17-24(38)29(42)35-23(26(40)28(34)41)16-19-10-8-11-19/h19-24,27H,6-18H2,1-5H3,(H2,34,41)(H,35,42)(H2,36,37,44)/t21?,22?,23?,24-,27+/m0/s1. The predicted octanol–water partition coefficient (Wildman–Crippen LogP) is 2.98. The maximum absolute atomic E-state index is 14.4. The second-order valence-electron chi connectivity index (χ2n) is 15.4. The van der Waals surface area contributed by atoms with Crippen LogP contribution < -0.4 is 21.7 Å². The Hall–Kier alpha value is -2.98. The van der Waals surface area contributed by atoms with E-state index in [4.69, 9.17) is 5.73 Å². The summed E-state index contributed by atoms with van der Waals surface area (Å²) in [4.78, 5) is 80.0. The molecule has 3 saturated carbocycles. The van der Waals surface area contributed by atoms with E-state index in [9.17, 15) is 28.8 Å². The van der Waals surface area contributed by atoms with E-state index in [1.54, 1.807) is 4.90 Å². The van der Waals surface area contributed by atoms with E-state index in [0.29, 0.717) is 38.1 Å². The lowest BCUT2D eigenvalue weighted by Crippen LogP contribution is -2.61. The Morgan fingerprint density at radius 3 is 2.07 bits per heavy atom. The Morgan fingerprint density at radius 1 is 0.886 bits per heavy atom. The predicted molar refractivity (Wildman–Crippen MR) is 165 cm³/mol. The van der Waals surface area contributed by atoms with E-state index in [1.165, 1.54) is 6.42 Å². The molecule has 0 bridgehead atoms. The van der Waals surface area contributed by atoms with Gasteiger partial charge in [-0.25, -0.2) is 4.79 Å². The summed E-state index contributed by atoms with van der Waals surface area (Å²) in [5.41, 5.74) is 4.52. The SMILES string of the molecule is CC(C)(C1CCC1)C1C[C@@H](C(=O)NC(CC2CCC2)C(=O)C(N)=O)N(C(=O)[C@@H](NC(=O)NC2CCCCC2=O)C(C)(C)C)C1. The Labute approximate surface area is 261 Å². The van der Waals surface area contributed by atoms with Gasteiger partial charge in [-0.05, 0) is 67.1 Å². The van der Waals surface area contributed by atoms with Gasteiger partial charge in [0.25, 0.3) is 5.91 Å². The fraction of sp³-hybridized carbons (Fsp3) is 0.818. The van der Waals surface area contributed by atoms with Crippen LogP contribution in [0.5, 0.6) is 0 Å². The number of primary amides is 1. The second kappa shape index (κ2) is 13.6. The maximum Gasteiger partial charge on any atom is 0.316 e. The van der Waals surface area contributed by atoms with Gasteiger partial charge in [0, 0.05) is 13.0 Å². The number of nitrogens with one attached hydrogen (secondary N) is 3. The lowest BCUT2D eigenvalue weighted by atomic mass is 9.61. The van der Waals surface area contributed by atoms with Crippen LogP contribution in [0, 0.1) is 28.6 Å². The zero-order valence-electron chi connectivity index (χ0n) is 27.2. The van der Waals surface area contributed by atoms with Crippen molar-refractivity contribution >= 4 is 35.3 Å². The van der Waals surface area contributed by atoms with Crippen LogP contribution in [-0.4, -0.2) is 70.9 Å². The fourth-order valence-electron chi connectivity index (χ4n) is 7.37. The Bertz CT molecular complexity index is 1140.